The third-order valence-electron chi connectivity index (χ3n) is 1.79. The minimum absolute atomic E-state index is 0.545. The van der Waals surface area contributed by atoms with E-state index in [1.807, 2.05) is 42.5 Å². The highest BCUT2D eigenvalue weighted by atomic mass is 35.5. The van der Waals surface area contributed by atoms with Crippen molar-refractivity contribution in [2.24, 2.45) is 0 Å². The molecule has 0 aliphatic rings. The van der Waals surface area contributed by atoms with Crippen LogP contribution in [0.4, 0.5) is 0 Å². The number of benzene rings is 1. The van der Waals surface area contributed by atoms with Gasteiger partial charge in [0.1, 0.15) is 0 Å². The lowest BCUT2D eigenvalue weighted by Crippen LogP contribution is -1.90. The van der Waals surface area contributed by atoms with Crippen LogP contribution < -0.4 is 0 Å². The molecular formula is C13H15ClO. The van der Waals surface area contributed by atoms with Crippen molar-refractivity contribution in [3.05, 3.63) is 54.1 Å². The summed E-state index contributed by atoms with van der Waals surface area (Å²) < 4.78 is 5.33. The van der Waals surface area contributed by atoms with E-state index in [9.17, 15) is 0 Å². The van der Waals surface area contributed by atoms with Crippen LogP contribution in [-0.4, -0.2) is 19.1 Å². The molecule has 0 spiro atoms. The summed E-state index contributed by atoms with van der Waals surface area (Å²) in [6.45, 7) is 1.24. The Morgan fingerprint density at radius 3 is 2.47 bits per heavy atom. The first-order valence-electron chi connectivity index (χ1n) is 4.94. The van der Waals surface area contributed by atoms with Crippen LogP contribution in [0.15, 0.2) is 48.6 Å². The molecule has 80 valence electrons. The molecule has 1 aromatic carbocycles. The summed E-state index contributed by atoms with van der Waals surface area (Å²) in [5.74, 6) is 0.545. The Hall–Kier alpha value is -1.05. The van der Waals surface area contributed by atoms with E-state index in [2.05, 4.69) is 12.1 Å². The first-order chi connectivity index (χ1) is 7.43. The molecule has 0 atom stereocenters. The maximum Gasteiger partial charge on any atom is 0.0654 e. The predicted octanol–water partition coefficient (Wildman–Crippen LogP) is 3.51. The quantitative estimate of drug-likeness (QED) is 0.407. The molecule has 1 nitrogen and oxygen atoms in total. The van der Waals surface area contributed by atoms with Gasteiger partial charge >= 0.3 is 0 Å². The Labute approximate surface area is 96.0 Å². The molecule has 0 N–H and O–H groups in total. The zero-order chi connectivity index (χ0) is 10.8. The van der Waals surface area contributed by atoms with Gasteiger partial charge in [0.15, 0.2) is 0 Å². The monoisotopic (exact) mass is 222 g/mol. The van der Waals surface area contributed by atoms with Crippen LogP contribution >= 0.6 is 11.6 Å². The number of alkyl halides is 1. The summed E-state index contributed by atoms with van der Waals surface area (Å²) in [4.78, 5) is 0. The first-order valence-corrected chi connectivity index (χ1v) is 5.47. The molecule has 1 aromatic rings. The van der Waals surface area contributed by atoms with Crippen LogP contribution in [0.2, 0.25) is 0 Å². The number of ether oxygens (including phenoxy) is 1. The molecular weight excluding hydrogens is 208 g/mol. The van der Waals surface area contributed by atoms with Crippen molar-refractivity contribution in [3.63, 3.8) is 0 Å². The third kappa shape index (κ3) is 6.10. The highest BCUT2D eigenvalue weighted by molar-refractivity contribution is 6.18. The zero-order valence-corrected chi connectivity index (χ0v) is 9.36. The Morgan fingerprint density at radius 2 is 1.73 bits per heavy atom. The second kappa shape index (κ2) is 8.27. The Kier molecular flexibility index (Phi) is 6.63. The van der Waals surface area contributed by atoms with Gasteiger partial charge in [-0.15, -0.1) is 11.6 Å². The minimum atomic E-state index is 0.545. The van der Waals surface area contributed by atoms with Crippen molar-refractivity contribution in [2.75, 3.05) is 19.1 Å². The van der Waals surface area contributed by atoms with Gasteiger partial charge in [-0.1, -0.05) is 54.6 Å². The second-order valence-electron chi connectivity index (χ2n) is 2.98. The minimum Gasteiger partial charge on any atom is -0.373 e. The van der Waals surface area contributed by atoms with Crippen molar-refractivity contribution in [1.82, 2.24) is 0 Å². The number of hydrogen-bond acceptors (Lipinski definition) is 1. The van der Waals surface area contributed by atoms with E-state index in [-0.39, 0.29) is 0 Å². The van der Waals surface area contributed by atoms with Crippen molar-refractivity contribution in [2.45, 2.75) is 0 Å². The van der Waals surface area contributed by atoms with Gasteiger partial charge in [0.05, 0.1) is 13.2 Å². The second-order valence-corrected chi connectivity index (χ2v) is 3.28. The van der Waals surface area contributed by atoms with Gasteiger partial charge in [0.25, 0.3) is 0 Å². The van der Waals surface area contributed by atoms with Gasteiger partial charge in [0, 0.05) is 5.88 Å². The maximum atomic E-state index is 5.47. The fourth-order valence-electron chi connectivity index (χ4n) is 1.08. The molecule has 0 unspecified atom stereocenters. The third-order valence-corrected chi connectivity index (χ3v) is 1.97. The number of halogens is 1. The predicted molar refractivity (Wildman–Crippen MR) is 66.2 cm³/mol. The smallest absolute Gasteiger partial charge is 0.0654 e. The van der Waals surface area contributed by atoms with E-state index in [0.717, 1.165) is 0 Å². The number of allylic oxidation sites excluding steroid dienone is 1. The average molecular weight is 223 g/mol. The number of hydrogen-bond donors (Lipinski definition) is 0. The molecule has 1 rings (SSSR count). The molecule has 0 aromatic heterocycles. The fourth-order valence-corrected chi connectivity index (χ4v) is 1.21. The van der Waals surface area contributed by atoms with Crippen LogP contribution in [0.3, 0.4) is 0 Å². The van der Waals surface area contributed by atoms with Gasteiger partial charge in [-0.3, -0.25) is 0 Å². The zero-order valence-electron chi connectivity index (χ0n) is 8.60. The van der Waals surface area contributed by atoms with Gasteiger partial charge < -0.3 is 4.74 Å². The van der Waals surface area contributed by atoms with Gasteiger partial charge in [-0.25, -0.2) is 0 Å². The molecule has 0 aliphatic carbocycles. The first kappa shape index (κ1) is 12.0. The van der Waals surface area contributed by atoms with Crippen molar-refractivity contribution in [3.8, 4) is 0 Å². The molecule has 15 heavy (non-hydrogen) atoms. The summed E-state index contributed by atoms with van der Waals surface area (Å²) in [6.07, 6.45) is 7.85. The highest BCUT2D eigenvalue weighted by Gasteiger charge is 1.82. The van der Waals surface area contributed by atoms with Crippen LogP contribution in [0.1, 0.15) is 5.56 Å². The topological polar surface area (TPSA) is 9.23 Å². The molecule has 0 aliphatic heterocycles. The Balaban J connectivity index is 2.15. The van der Waals surface area contributed by atoms with E-state index in [4.69, 9.17) is 16.3 Å². The SMILES string of the molecule is ClCC=CCOCC=Cc1ccccc1. The van der Waals surface area contributed by atoms with E-state index >= 15 is 0 Å². The van der Waals surface area contributed by atoms with Gasteiger partial charge in [-0.05, 0) is 5.56 Å². The summed E-state index contributed by atoms with van der Waals surface area (Å²) in [5, 5.41) is 0. The fraction of sp³-hybridized carbons (Fsp3) is 0.231. The molecule has 0 heterocycles. The molecule has 0 saturated carbocycles. The van der Waals surface area contributed by atoms with E-state index in [1.165, 1.54) is 5.56 Å². The Morgan fingerprint density at radius 1 is 1.00 bits per heavy atom. The lowest BCUT2D eigenvalue weighted by atomic mass is 10.2. The van der Waals surface area contributed by atoms with E-state index in [1.54, 1.807) is 0 Å². The summed E-state index contributed by atoms with van der Waals surface area (Å²) in [7, 11) is 0. The van der Waals surface area contributed by atoms with Crippen LogP contribution in [0.5, 0.6) is 0 Å². The molecule has 0 saturated heterocycles. The summed E-state index contributed by atoms with van der Waals surface area (Å²) >= 11 is 5.47. The largest absolute Gasteiger partial charge is 0.373 e. The van der Waals surface area contributed by atoms with Crippen molar-refractivity contribution < 1.29 is 4.74 Å². The lowest BCUT2D eigenvalue weighted by Gasteiger charge is -1.95. The number of rotatable bonds is 6. The Bertz CT molecular complexity index is 304. The highest BCUT2D eigenvalue weighted by Crippen LogP contribution is 2.00. The van der Waals surface area contributed by atoms with E-state index < -0.39 is 0 Å². The average Bonchev–Trinajstić information content (AvgIpc) is 2.29. The summed E-state index contributed by atoms with van der Waals surface area (Å²) in [5.41, 5.74) is 1.19. The van der Waals surface area contributed by atoms with Crippen LogP contribution in [0.25, 0.3) is 6.08 Å². The normalized spacial score (nSPS) is 11.5. The molecule has 0 radical (unpaired) electrons. The molecule has 0 bridgehead atoms. The van der Waals surface area contributed by atoms with Crippen LogP contribution in [0, 0.1) is 0 Å². The molecule has 0 fully saturated rings. The molecule has 2 heteroatoms. The lowest BCUT2D eigenvalue weighted by molar-refractivity contribution is 0.194. The molecule has 0 amide bonds. The van der Waals surface area contributed by atoms with Crippen molar-refractivity contribution in [1.29, 1.82) is 0 Å². The van der Waals surface area contributed by atoms with Gasteiger partial charge in [0.2, 0.25) is 0 Å². The van der Waals surface area contributed by atoms with E-state index in [0.29, 0.717) is 19.1 Å². The van der Waals surface area contributed by atoms with Crippen molar-refractivity contribution >= 4 is 17.7 Å². The summed E-state index contributed by atoms with van der Waals surface area (Å²) in [6, 6.07) is 10.2. The standard InChI is InChI=1S/C13H15ClO/c14-10-4-5-11-15-12-6-9-13-7-2-1-3-8-13/h1-9H,10-12H2. The maximum absolute atomic E-state index is 5.47. The van der Waals surface area contributed by atoms with Gasteiger partial charge in [-0.2, -0.15) is 0 Å². The van der Waals surface area contributed by atoms with Crippen LogP contribution in [-0.2, 0) is 4.74 Å².